The zero-order valence-corrected chi connectivity index (χ0v) is 11.7. The molecule has 100 valence electrons. The summed E-state index contributed by atoms with van der Waals surface area (Å²) in [4.78, 5) is 11.7. The first kappa shape index (κ1) is 13.5. The molecule has 5 nitrogen and oxygen atoms in total. The molecule has 2 aromatic rings. The Kier molecular flexibility index (Phi) is 4.46. The number of ether oxygens (including phenoxy) is 1. The van der Waals surface area contributed by atoms with Crippen LogP contribution in [0.1, 0.15) is 28.7 Å². The van der Waals surface area contributed by atoms with Gasteiger partial charge in [0, 0.05) is 12.1 Å². The third kappa shape index (κ3) is 3.51. The van der Waals surface area contributed by atoms with Gasteiger partial charge in [0.2, 0.25) is 0 Å². The Bertz CT molecular complexity index is 569. The third-order valence-electron chi connectivity index (χ3n) is 2.56. The van der Waals surface area contributed by atoms with Crippen LogP contribution in [-0.2, 0) is 6.61 Å². The number of aryl methyl sites for hydroxylation is 1. The van der Waals surface area contributed by atoms with E-state index in [0.29, 0.717) is 24.5 Å². The second kappa shape index (κ2) is 6.29. The Labute approximate surface area is 115 Å². The predicted molar refractivity (Wildman–Crippen MR) is 73.4 cm³/mol. The zero-order chi connectivity index (χ0) is 13.7. The number of amides is 1. The van der Waals surface area contributed by atoms with Gasteiger partial charge in [-0.15, -0.1) is 0 Å². The number of carbonyl (C=O) groups is 1. The van der Waals surface area contributed by atoms with E-state index in [9.17, 15) is 4.79 Å². The molecule has 1 aromatic heterocycles. The summed E-state index contributed by atoms with van der Waals surface area (Å²) in [5, 5.41) is 2.75. The summed E-state index contributed by atoms with van der Waals surface area (Å²) in [5.74, 6) is 0.551. The van der Waals surface area contributed by atoms with Gasteiger partial charge in [-0.05, 0) is 32.0 Å². The van der Waals surface area contributed by atoms with Crippen molar-refractivity contribution in [2.24, 2.45) is 0 Å². The van der Waals surface area contributed by atoms with Gasteiger partial charge in [-0.3, -0.25) is 4.79 Å². The zero-order valence-electron chi connectivity index (χ0n) is 10.8. The number of nitrogens with one attached hydrogen (secondary N) is 1. The first-order valence-corrected chi connectivity index (χ1v) is 6.73. The fourth-order valence-electron chi connectivity index (χ4n) is 1.52. The van der Waals surface area contributed by atoms with Gasteiger partial charge >= 0.3 is 0 Å². The van der Waals surface area contributed by atoms with E-state index in [2.05, 4.69) is 14.1 Å². The molecule has 0 aliphatic heterocycles. The van der Waals surface area contributed by atoms with E-state index >= 15 is 0 Å². The van der Waals surface area contributed by atoms with Gasteiger partial charge in [-0.1, -0.05) is 6.07 Å². The van der Waals surface area contributed by atoms with E-state index in [1.54, 1.807) is 18.2 Å². The summed E-state index contributed by atoms with van der Waals surface area (Å²) >= 11 is 1.17. The second-order valence-electron chi connectivity index (χ2n) is 3.97. The van der Waals surface area contributed by atoms with Crippen molar-refractivity contribution >= 4 is 17.6 Å². The lowest BCUT2D eigenvalue weighted by Gasteiger charge is -2.07. The maximum absolute atomic E-state index is 11.7. The van der Waals surface area contributed by atoms with Crippen LogP contribution in [0.4, 0.5) is 0 Å². The van der Waals surface area contributed by atoms with Crippen molar-refractivity contribution in [2.75, 3.05) is 6.54 Å². The molecule has 1 N–H and O–H groups in total. The van der Waals surface area contributed by atoms with Crippen LogP contribution in [0.15, 0.2) is 24.3 Å². The van der Waals surface area contributed by atoms with E-state index in [1.165, 1.54) is 11.7 Å². The molecule has 2 rings (SSSR count). The molecule has 6 heteroatoms. The van der Waals surface area contributed by atoms with Crippen molar-refractivity contribution in [2.45, 2.75) is 20.5 Å². The van der Waals surface area contributed by atoms with Gasteiger partial charge in [0.15, 0.2) is 0 Å². The Morgan fingerprint density at radius 2 is 2.26 bits per heavy atom. The second-order valence-corrected chi connectivity index (χ2v) is 4.50. The topological polar surface area (TPSA) is 64.1 Å². The summed E-state index contributed by atoms with van der Waals surface area (Å²) in [6.07, 6.45) is 0. The molecular formula is C13H15N3O2S. The Balaban J connectivity index is 2.03. The van der Waals surface area contributed by atoms with Crippen LogP contribution in [0.3, 0.4) is 0 Å². The molecule has 0 saturated heterocycles. The summed E-state index contributed by atoms with van der Waals surface area (Å²) < 4.78 is 13.9. The van der Waals surface area contributed by atoms with Crippen molar-refractivity contribution in [1.82, 2.24) is 14.1 Å². The van der Waals surface area contributed by atoms with Crippen LogP contribution in [0.25, 0.3) is 0 Å². The Morgan fingerprint density at radius 3 is 2.95 bits per heavy atom. The van der Waals surface area contributed by atoms with Gasteiger partial charge in [0.05, 0.1) is 17.4 Å². The maximum Gasteiger partial charge on any atom is 0.251 e. The lowest BCUT2D eigenvalue weighted by molar-refractivity contribution is 0.0955. The molecule has 1 amide bonds. The normalized spacial score (nSPS) is 10.2. The van der Waals surface area contributed by atoms with Crippen LogP contribution < -0.4 is 10.1 Å². The van der Waals surface area contributed by atoms with Gasteiger partial charge < -0.3 is 10.1 Å². The molecule has 0 bridgehead atoms. The average molecular weight is 277 g/mol. The summed E-state index contributed by atoms with van der Waals surface area (Å²) in [5.41, 5.74) is 2.30. The van der Waals surface area contributed by atoms with E-state index < -0.39 is 0 Å². The average Bonchev–Trinajstić information content (AvgIpc) is 2.82. The largest absolute Gasteiger partial charge is 0.487 e. The smallest absolute Gasteiger partial charge is 0.251 e. The SMILES string of the molecule is CCNC(=O)c1cccc(OCc2nsnc2C)c1. The standard InChI is InChI=1S/C13H15N3O2S/c1-3-14-13(17)10-5-4-6-11(7-10)18-8-12-9(2)15-19-16-12/h4-7H,3,8H2,1-2H3,(H,14,17). The number of benzene rings is 1. The van der Waals surface area contributed by atoms with Gasteiger partial charge in [0.1, 0.15) is 18.1 Å². The fourth-order valence-corrected chi connectivity index (χ4v) is 2.07. The van der Waals surface area contributed by atoms with Crippen molar-refractivity contribution in [3.63, 3.8) is 0 Å². The minimum atomic E-state index is -0.0977. The lowest BCUT2D eigenvalue weighted by Crippen LogP contribution is -2.22. The number of nitrogens with zero attached hydrogens (tertiary/aromatic N) is 2. The molecule has 0 atom stereocenters. The molecule has 0 radical (unpaired) electrons. The number of carbonyl (C=O) groups excluding carboxylic acids is 1. The molecule has 0 aliphatic carbocycles. The molecule has 0 fully saturated rings. The van der Waals surface area contributed by atoms with Crippen molar-refractivity contribution < 1.29 is 9.53 Å². The summed E-state index contributed by atoms with van der Waals surface area (Å²) in [6, 6.07) is 7.09. The lowest BCUT2D eigenvalue weighted by atomic mass is 10.2. The fraction of sp³-hybridized carbons (Fsp3) is 0.308. The predicted octanol–water partition coefficient (Wildman–Crippen LogP) is 2.18. The van der Waals surface area contributed by atoms with Gasteiger partial charge in [-0.2, -0.15) is 8.75 Å². The number of aromatic nitrogens is 2. The number of hydrogen-bond acceptors (Lipinski definition) is 5. The van der Waals surface area contributed by atoms with Crippen LogP contribution in [0.5, 0.6) is 5.75 Å². The van der Waals surface area contributed by atoms with Crippen molar-refractivity contribution in [3.8, 4) is 5.75 Å². The maximum atomic E-state index is 11.7. The molecular weight excluding hydrogens is 262 g/mol. The highest BCUT2D eigenvalue weighted by molar-refractivity contribution is 6.99. The minimum Gasteiger partial charge on any atom is -0.487 e. The first-order valence-electron chi connectivity index (χ1n) is 5.99. The molecule has 1 heterocycles. The van der Waals surface area contributed by atoms with E-state index in [-0.39, 0.29) is 5.91 Å². The molecule has 0 spiro atoms. The summed E-state index contributed by atoms with van der Waals surface area (Å²) in [6.45, 7) is 4.75. The quantitative estimate of drug-likeness (QED) is 0.909. The van der Waals surface area contributed by atoms with Crippen molar-refractivity contribution in [3.05, 3.63) is 41.2 Å². The Morgan fingerprint density at radius 1 is 1.42 bits per heavy atom. The molecule has 0 aliphatic rings. The van der Waals surface area contributed by atoms with Crippen molar-refractivity contribution in [1.29, 1.82) is 0 Å². The van der Waals surface area contributed by atoms with Gasteiger partial charge in [0.25, 0.3) is 5.91 Å². The van der Waals surface area contributed by atoms with Crippen LogP contribution in [0.2, 0.25) is 0 Å². The molecule has 1 aromatic carbocycles. The third-order valence-corrected chi connectivity index (χ3v) is 3.21. The van der Waals surface area contributed by atoms with Gasteiger partial charge in [-0.25, -0.2) is 0 Å². The highest BCUT2D eigenvalue weighted by Crippen LogP contribution is 2.15. The highest BCUT2D eigenvalue weighted by Gasteiger charge is 2.07. The van der Waals surface area contributed by atoms with E-state index in [1.807, 2.05) is 19.9 Å². The summed E-state index contributed by atoms with van der Waals surface area (Å²) in [7, 11) is 0. The Hall–Kier alpha value is -1.95. The monoisotopic (exact) mass is 277 g/mol. The molecule has 0 saturated carbocycles. The number of hydrogen-bond donors (Lipinski definition) is 1. The molecule has 0 unspecified atom stereocenters. The van der Waals surface area contributed by atoms with Crippen LogP contribution >= 0.6 is 11.7 Å². The number of rotatable bonds is 5. The molecule has 19 heavy (non-hydrogen) atoms. The first-order chi connectivity index (χ1) is 9.20. The van der Waals surface area contributed by atoms with Crippen LogP contribution in [-0.4, -0.2) is 21.2 Å². The van der Waals surface area contributed by atoms with E-state index in [4.69, 9.17) is 4.74 Å². The highest BCUT2D eigenvalue weighted by atomic mass is 32.1. The van der Waals surface area contributed by atoms with E-state index in [0.717, 1.165) is 11.4 Å². The minimum absolute atomic E-state index is 0.0977. The van der Waals surface area contributed by atoms with Crippen LogP contribution in [0, 0.1) is 6.92 Å².